The topological polar surface area (TPSA) is 51.5 Å². The van der Waals surface area contributed by atoms with Gasteiger partial charge in [0.25, 0.3) is 0 Å². The summed E-state index contributed by atoms with van der Waals surface area (Å²) in [4.78, 5) is 12.2. The van der Waals surface area contributed by atoms with Crippen molar-refractivity contribution < 1.29 is 13.9 Å². The molecule has 0 bridgehead atoms. The predicted octanol–water partition coefficient (Wildman–Crippen LogP) is 3.65. The maximum absolute atomic E-state index is 12.2. The molecule has 1 aromatic heterocycles. The Hall–Kier alpha value is -3.19. The van der Waals surface area contributed by atoms with E-state index in [1.54, 1.807) is 6.26 Å². The molecule has 1 amide bonds. The number of carbonyl (C=O) groups excluding carboxylic acids is 1. The molecule has 1 heterocycles. The standard InChI is InChI=1S/C22H21NO3/c1-3-12-25-19-7-5-17(6-8-19)10-11-23-22(24)14-18-15-26-21-13-16(2)4-9-20(18)21/h1,4-9,13,15H,10-12,14H2,2H3,(H,23,24). The fourth-order valence-electron chi connectivity index (χ4n) is 2.79. The van der Waals surface area contributed by atoms with E-state index in [2.05, 4.69) is 11.2 Å². The van der Waals surface area contributed by atoms with E-state index in [0.29, 0.717) is 13.0 Å². The molecular weight excluding hydrogens is 326 g/mol. The molecule has 3 rings (SSSR count). The summed E-state index contributed by atoms with van der Waals surface area (Å²) in [5, 5.41) is 3.95. The number of terminal acetylenes is 1. The minimum Gasteiger partial charge on any atom is -0.481 e. The average molecular weight is 347 g/mol. The number of furan rings is 1. The number of nitrogens with one attached hydrogen (secondary N) is 1. The number of rotatable bonds is 7. The molecule has 0 unspecified atom stereocenters. The maximum atomic E-state index is 12.2. The molecule has 0 fully saturated rings. The lowest BCUT2D eigenvalue weighted by Gasteiger charge is -2.06. The van der Waals surface area contributed by atoms with Crippen LogP contribution in [0.15, 0.2) is 53.1 Å². The Kier molecular flexibility index (Phi) is 5.60. The van der Waals surface area contributed by atoms with Crippen molar-refractivity contribution in [1.82, 2.24) is 5.32 Å². The quantitative estimate of drug-likeness (QED) is 0.664. The van der Waals surface area contributed by atoms with Gasteiger partial charge in [0.05, 0.1) is 12.7 Å². The van der Waals surface area contributed by atoms with E-state index in [1.807, 2.05) is 49.4 Å². The molecule has 0 aliphatic rings. The number of ether oxygens (including phenoxy) is 1. The van der Waals surface area contributed by atoms with Crippen LogP contribution in [-0.2, 0) is 17.6 Å². The molecule has 0 saturated heterocycles. The smallest absolute Gasteiger partial charge is 0.224 e. The summed E-state index contributed by atoms with van der Waals surface area (Å²) in [5.74, 6) is 3.17. The van der Waals surface area contributed by atoms with Crippen molar-refractivity contribution in [1.29, 1.82) is 0 Å². The Morgan fingerprint density at radius 2 is 2.04 bits per heavy atom. The van der Waals surface area contributed by atoms with Crippen LogP contribution < -0.4 is 10.1 Å². The molecule has 0 spiro atoms. The number of fused-ring (bicyclic) bond motifs is 1. The van der Waals surface area contributed by atoms with Crippen LogP contribution in [0.1, 0.15) is 16.7 Å². The molecule has 4 nitrogen and oxygen atoms in total. The van der Waals surface area contributed by atoms with Crippen LogP contribution in [0.5, 0.6) is 5.75 Å². The summed E-state index contributed by atoms with van der Waals surface area (Å²) in [6.07, 6.45) is 7.90. The van der Waals surface area contributed by atoms with Gasteiger partial charge in [0.1, 0.15) is 17.9 Å². The van der Waals surface area contributed by atoms with Gasteiger partial charge >= 0.3 is 0 Å². The van der Waals surface area contributed by atoms with Crippen molar-refractivity contribution in [3.8, 4) is 18.1 Å². The summed E-state index contributed by atoms with van der Waals surface area (Å²) < 4.78 is 10.9. The number of aryl methyl sites for hydroxylation is 1. The molecule has 132 valence electrons. The van der Waals surface area contributed by atoms with Gasteiger partial charge in [0.2, 0.25) is 5.91 Å². The first-order valence-electron chi connectivity index (χ1n) is 8.54. The number of benzene rings is 2. The van der Waals surface area contributed by atoms with Crippen molar-refractivity contribution in [3.05, 3.63) is 65.4 Å². The van der Waals surface area contributed by atoms with Gasteiger partial charge < -0.3 is 14.5 Å². The molecular formula is C22H21NO3. The molecule has 2 aromatic carbocycles. The van der Waals surface area contributed by atoms with Crippen molar-refractivity contribution in [3.63, 3.8) is 0 Å². The van der Waals surface area contributed by atoms with Crippen molar-refractivity contribution in [2.75, 3.05) is 13.2 Å². The number of carbonyl (C=O) groups is 1. The zero-order valence-electron chi connectivity index (χ0n) is 14.7. The minimum absolute atomic E-state index is 0.0118. The third kappa shape index (κ3) is 4.46. The van der Waals surface area contributed by atoms with Crippen molar-refractivity contribution >= 4 is 16.9 Å². The third-order valence-electron chi connectivity index (χ3n) is 4.14. The molecule has 4 heteroatoms. The van der Waals surface area contributed by atoms with E-state index < -0.39 is 0 Å². The van der Waals surface area contributed by atoms with E-state index in [1.165, 1.54) is 0 Å². The van der Waals surface area contributed by atoms with Crippen LogP contribution in [0, 0.1) is 19.3 Å². The maximum Gasteiger partial charge on any atom is 0.224 e. The normalized spacial score (nSPS) is 10.5. The Labute approximate surface area is 153 Å². The second-order valence-corrected chi connectivity index (χ2v) is 6.17. The van der Waals surface area contributed by atoms with Crippen LogP contribution >= 0.6 is 0 Å². The van der Waals surface area contributed by atoms with Gasteiger partial charge in [0, 0.05) is 17.5 Å². The third-order valence-corrected chi connectivity index (χ3v) is 4.14. The summed E-state index contributed by atoms with van der Waals surface area (Å²) >= 11 is 0. The first-order chi connectivity index (χ1) is 12.7. The second-order valence-electron chi connectivity index (χ2n) is 6.17. The fraction of sp³-hybridized carbons (Fsp3) is 0.227. The summed E-state index contributed by atoms with van der Waals surface area (Å²) in [6.45, 7) is 2.86. The second kappa shape index (κ2) is 8.26. The number of amides is 1. The first-order valence-corrected chi connectivity index (χ1v) is 8.54. The van der Waals surface area contributed by atoms with E-state index in [9.17, 15) is 4.79 Å². The van der Waals surface area contributed by atoms with Crippen molar-refractivity contribution in [2.45, 2.75) is 19.8 Å². The van der Waals surface area contributed by atoms with Crippen molar-refractivity contribution in [2.24, 2.45) is 0 Å². The monoisotopic (exact) mass is 347 g/mol. The fourth-order valence-corrected chi connectivity index (χ4v) is 2.79. The zero-order chi connectivity index (χ0) is 18.4. The highest BCUT2D eigenvalue weighted by molar-refractivity contribution is 5.87. The minimum atomic E-state index is -0.0118. The zero-order valence-corrected chi connectivity index (χ0v) is 14.7. The molecule has 0 radical (unpaired) electrons. The molecule has 3 aromatic rings. The van der Waals surface area contributed by atoms with Crippen LogP contribution in [0.4, 0.5) is 0 Å². The molecule has 1 N–H and O–H groups in total. The molecule has 0 atom stereocenters. The van der Waals surface area contributed by atoms with Gasteiger partial charge in [-0.25, -0.2) is 0 Å². The Morgan fingerprint density at radius 1 is 1.23 bits per heavy atom. The Morgan fingerprint density at radius 3 is 2.81 bits per heavy atom. The van der Waals surface area contributed by atoms with Gasteiger partial charge in [-0.2, -0.15) is 0 Å². The van der Waals surface area contributed by atoms with Gasteiger partial charge in [-0.15, -0.1) is 6.42 Å². The number of hydrogen-bond acceptors (Lipinski definition) is 3. The van der Waals surface area contributed by atoms with E-state index in [0.717, 1.165) is 39.8 Å². The Bertz CT molecular complexity index is 932. The van der Waals surface area contributed by atoms with E-state index in [4.69, 9.17) is 15.6 Å². The van der Waals surface area contributed by atoms with Crippen LogP contribution in [0.2, 0.25) is 0 Å². The lowest BCUT2D eigenvalue weighted by Crippen LogP contribution is -2.27. The van der Waals surface area contributed by atoms with Crippen LogP contribution in [0.25, 0.3) is 11.0 Å². The van der Waals surface area contributed by atoms with Gasteiger partial charge in [-0.05, 0) is 42.7 Å². The van der Waals surface area contributed by atoms with E-state index in [-0.39, 0.29) is 12.5 Å². The average Bonchev–Trinajstić information content (AvgIpc) is 3.02. The van der Waals surface area contributed by atoms with Crippen LogP contribution in [0.3, 0.4) is 0 Å². The molecule has 0 aliphatic carbocycles. The molecule has 26 heavy (non-hydrogen) atoms. The summed E-state index contributed by atoms with van der Waals surface area (Å²) in [5.41, 5.74) is 3.99. The predicted molar refractivity (Wildman–Crippen MR) is 102 cm³/mol. The van der Waals surface area contributed by atoms with Crippen LogP contribution in [-0.4, -0.2) is 19.1 Å². The summed E-state index contributed by atoms with van der Waals surface area (Å²) in [6, 6.07) is 13.7. The van der Waals surface area contributed by atoms with E-state index >= 15 is 0 Å². The molecule has 0 saturated carbocycles. The highest BCUT2D eigenvalue weighted by atomic mass is 16.5. The Balaban J connectivity index is 1.49. The van der Waals surface area contributed by atoms with Gasteiger partial charge in [0.15, 0.2) is 0 Å². The SMILES string of the molecule is C#CCOc1ccc(CCNC(=O)Cc2coc3cc(C)ccc23)cc1. The first kappa shape index (κ1) is 17.6. The highest BCUT2D eigenvalue weighted by Gasteiger charge is 2.10. The summed E-state index contributed by atoms with van der Waals surface area (Å²) in [7, 11) is 0. The lowest BCUT2D eigenvalue weighted by atomic mass is 10.1. The lowest BCUT2D eigenvalue weighted by molar-refractivity contribution is -0.120. The van der Waals surface area contributed by atoms with Gasteiger partial charge in [-0.1, -0.05) is 30.2 Å². The highest BCUT2D eigenvalue weighted by Crippen LogP contribution is 2.22. The van der Waals surface area contributed by atoms with Gasteiger partial charge in [-0.3, -0.25) is 4.79 Å². The number of hydrogen-bond donors (Lipinski definition) is 1. The largest absolute Gasteiger partial charge is 0.481 e. The molecule has 0 aliphatic heterocycles.